The van der Waals surface area contributed by atoms with E-state index in [2.05, 4.69) is 10.6 Å². The highest BCUT2D eigenvalue weighted by Crippen LogP contribution is 2.34. The van der Waals surface area contributed by atoms with E-state index in [0.29, 0.717) is 23.6 Å². The van der Waals surface area contributed by atoms with Gasteiger partial charge in [-0.3, -0.25) is 0 Å². The first kappa shape index (κ1) is 17.3. The van der Waals surface area contributed by atoms with Crippen LogP contribution in [0.1, 0.15) is 51.1 Å². The van der Waals surface area contributed by atoms with Gasteiger partial charge in [0.25, 0.3) is 0 Å². The Bertz CT molecular complexity index is 692. The summed E-state index contributed by atoms with van der Waals surface area (Å²) >= 11 is 0. The van der Waals surface area contributed by atoms with Crippen molar-refractivity contribution in [2.24, 2.45) is 0 Å². The highest BCUT2D eigenvalue weighted by molar-refractivity contribution is 5.95. The molecular weight excluding hydrogens is 320 g/mol. The minimum absolute atomic E-state index is 0.0341. The molecule has 0 bridgehead atoms. The zero-order valence-corrected chi connectivity index (χ0v) is 14.6. The van der Waals surface area contributed by atoms with Gasteiger partial charge in [-0.05, 0) is 45.6 Å². The highest BCUT2D eigenvalue weighted by Gasteiger charge is 2.35. The molecule has 1 aromatic rings. The number of carbonyl (C=O) groups excluding carboxylic acids is 2. The number of urea groups is 1. The third-order valence-corrected chi connectivity index (χ3v) is 4.59. The second-order valence-corrected chi connectivity index (χ2v) is 6.35. The summed E-state index contributed by atoms with van der Waals surface area (Å²) in [4.78, 5) is 24.8. The van der Waals surface area contributed by atoms with Crippen molar-refractivity contribution in [2.45, 2.75) is 51.7 Å². The Morgan fingerprint density at radius 3 is 2.68 bits per heavy atom. The summed E-state index contributed by atoms with van der Waals surface area (Å²) in [6, 6.07) is 6.49. The van der Waals surface area contributed by atoms with E-state index in [9.17, 15) is 9.59 Å². The summed E-state index contributed by atoms with van der Waals surface area (Å²) in [6.45, 7) is 4.12. The van der Waals surface area contributed by atoms with Crippen LogP contribution in [0.4, 0.5) is 4.79 Å². The minimum atomic E-state index is -0.592. The maximum atomic E-state index is 12.8. The van der Waals surface area contributed by atoms with Gasteiger partial charge in [0.1, 0.15) is 11.9 Å². The molecule has 3 rings (SSSR count). The number of hydrogen-bond donors (Lipinski definition) is 2. The van der Waals surface area contributed by atoms with Crippen molar-refractivity contribution in [1.29, 1.82) is 0 Å². The SMILES string of the molecule is CCOc1ccccc1C1NC(=O)NC(C)=C1C(=O)OC1CCCC1. The second-order valence-electron chi connectivity index (χ2n) is 6.35. The van der Waals surface area contributed by atoms with E-state index in [1.807, 2.05) is 31.2 Å². The molecule has 2 aliphatic rings. The van der Waals surface area contributed by atoms with Crippen molar-refractivity contribution < 1.29 is 19.1 Å². The van der Waals surface area contributed by atoms with E-state index in [-0.39, 0.29) is 18.1 Å². The third kappa shape index (κ3) is 3.78. The lowest BCUT2D eigenvalue weighted by Crippen LogP contribution is -2.45. The fourth-order valence-electron chi connectivity index (χ4n) is 3.42. The first-order valence-electron chi connectivity index (χ1n) is 8.81. The largest absolute Gasteiger partial charge is 0.494 e. The van der Waals surface area contributed by atoms with Crippen LogP contribution in [0.5, 0.6) is 5.75 Å². The van der Waals surface area contributed by atoms with Crippen LogP contribution in [-0.4, -0.2) is 24.7 Å². The van der Waals surface area contributed by atoms with Gasteiger partial charge in [-0.15, -0.1) is 0 Å². The number of nitrogens with one attached hydrogen (secondary N) is 2. The number of hydrogen-bond acceptors (Lipinski definition) is 4. The van der Waals surface area contributed by atoms with Gasteiger partial charge in [0.05, 0.1) is 18.2 Å². The summed E-state index contributed by atoms with van der Waals surface area (Å²) in [6.07, 6.45) is 3.94. The topological polar surface area (TPSA) is 76.7 Å². The fourth-order valence-corrected chi connectivity index (χ4v) is 3.42. The standard InChI is InChI=1S/C19H24N2O4/c1-3-24-15-11-7-6-10-14(15)17-16(12(2)20-19(23)21-17)18(22)25-13-8-4-5-9-13/h6-7,10-11,13,17H,3-5,8-9H2,1-2H3,(H2,20,21,23). The Morgan fingerprint density at radius 1 is 1.24 bits per heavy atom. The van der Waals surface area contributed by atoms with Crippen LogP contribution in [0, 0.1) is 0 Å². The summed E-state index contributed by atoms with van der Waals surface area (Å²) < 4.78 is 11.4. The molecule has 1 saturated carbocycles. The van der Waals surface area contributed by atoms with E-state index in [1.165, 1.54) is 0 Å². The van der Waals surface area contributed by atoms with Crippen LogP contribution in [0.15, 0.2) is 35.5 Å². The van der Waals surface area contributed by atoms with Crippen LogP contribution in [0.25, 0.3) is 0 Å². The first-order valence-corrected chi connectivity index (χ1v) is 8.81. The Hall–Kier alpha value is -2.50. The van der Waals surface area contributed by atoms with Gasteiger partial charge in [-0.1, -0.05) is 18.2 Å². The minimum Gasteiger partial charge on any atom is -0.494 e. The number of esters is 1. The van der Waals surface area contributed by atoms with Crippen LogP contribution in [-0.2, 0) is 9.53 Å². The van der Waals surface area contributed by atoms with Crippen LogP contribution >= 0.6 is 0 Å². The van der Waals surface area contributed by atoms with Gasteiger partial charge in [0.2, 0.25) is 0 Å². The van der Waals surface area contributed by atoms with Gasteiger partial charge in [0, 0.05) is 11.3 Å². The molecule has 0 radical (unpaired) electrons. The number of allylic oxidation sites excluding steroid dienone is 1. The molecule has 2 amide bonds. The predicted octanol–water partition coefficient (Wildman–Crippen LogP) is 3.20. The Balaban J connectivity index is 1.93. The molecule has 1 aliphatic heterocycles. The molecular formula is C19H24N2O4. The monoisotopic (exact) mass is 344 g/mol. The maximum absolute atomic E-state index is 12.8. The average Bonchev–Trinajstić information content (AvgIpc) is 3.07. The van der Waals surface area contributed by atoms with Crippen molar-refractivity contribution >= 4 is 12.0 Å². The van der Waals surface area contributed by atoms with Gasteiger partial charge in [-0.25, -0.2) is 9.59 Å². The molecule has 0 saturated heterocycles. The van der Waals surface area contributed by atoms with Crippen molar-refractivity contribution in [3.05, 3.63) is 41.1 Å². The predicted molar refractivity (Wildman–Crippen MR) is 93.1 cm³/mol. The number of ether oxygens (including phenoxy) is 2. The lowest BCUT2D eigenvalue weighted by Gasteiger charge is -2.29. The zero-order chi connectivity index (χ0) is 17.8. The van der Waals surface area contributed by atoms with Crippen molar-refractivity contribution in [2.75, 3.05) is 6.61 Å². The molecule has 25 heavy (non-hydrogen) atoms. The van der Waals surface area contributed by atoms with Crippen LogP contribution < -0.4 is 15.4 Å². The molecule has 1 aromatic carbocycles. The van der Waals surface area contributed by atoms with E-state index >= 15 is 0 Å². The summed E-state index contributed by atoms with van der Waals surface area (Å²) in [5.74, 6) is 0.268. The molecule has 134 valence electrons. The molecule has 6 heteroatoms. The zero-order valence-electron chi connectivity index (χ0n) is 14.6. The summed E-state index contributed by atoms with van der Waals surface area (Å²) in [5.41, 5.74) is 1.69. The molecule has 1 atom stereocenters. The normalized spacial score (nSPS) is 20.9. The number of para-hydroxylation sites is 1. The van der Waals surface area contributed by atoms with Gasteiger partial charge in [0.15, 0.2) is 0 Å². The molecule has 1 aliphatic carbocycles. The molecule has 1 heterocycles. The molecule has 2 N–H and O–H groups in total. The van der Waals surface area contributed by atoms with Gasteiger partial charge in [-0.2, -0.15) is 0 Å². The van der Waals surface area contributed by atoms with Crippen molar-refractivity contribution in [3.63, 3.8) is 0 Å². The van der Waals surface area contributed by atoms with Gasteiger partial charge < -0.3 is 20.1 Å². The molecule has 0 spiro atoms. The molecule has 6 nitrogen and oxygen atoms in total. The fraction of sp³-hybridized carbons (Fsp3) is 0.474. The Labute approximate surface area is 147 Å². The second kappa shape index (κ2) is 7.59. The first-order chi connectivity index (χ1) is 12.1. The molecule has 0 aromatic heterocycles. The maximum Gasteiger partial charge on any atom is 0.338 e. The quantitative estimate of drug-likeness (QED) is 0.804. The number of benzene rings is 1. The smallest absolute Gasteiger partial charge is 0.338 e. The number of amides is 2. The molecule has 1 fully saturated rings. The van der Waals surface area contributed by atoms with Crippen LogP contribution in [0.2, 0.25) is 0 Å². The highest BCUT2D eigenvalue weighted by atomic mass is 16.5. The lowest BCUT2D eigenvalue weighted by atomic mass is 9.94. The van der Waals surface area contributed by atoms with Crippen molar-refractivity contribution in [1.82, 2.24) is 10.6 Å². The lowest BCUT2D eigenvalue weighted by molar-refractivity contribution is -0.144. The van der Waals surface area contributed by atoms with Crippen molar-refractivity contribution in [3.8, 4) is 5.75 Å². The Kier molecular flexibility index (Phi) is 5.26. The Morgan fingerprint density at radius 2 is 1.96 bits per heavy atom. The van der Waals surface area contributed by atoms with E-state index in [1.54, 1.807) is 6.92 Å². The summed E-state index contributed by atoms with van der Waals surface area (Å²) in [7, 11) is 0. The number of rotatable bonds is 5. The number of carbonyl (C=O) groups is 2. The van der Waals surface area contributed by atoms with E-state index in [4.69, 9.17) is 9.47 Å². The average molecular weight is 344 g/mol. The third-order valence-electron chi connectivity index (χ3n) is 4.59. The van der Waals surface area contributed by atoms with E-state index < -0.39 is 6.04 Å². The summed E-state index contributed by atoms with van der Waals surface area (Å²) in [5, 5.41) is 5.50. The van der Waals surface area contributed by atoms with E-state index in [0.717, 1.165) is 31.2 Å². The van der Waals surface area contributed by atoms with Crippen LogP contribution in [0.3, 0.4) is 0 Å². The molecule has 1 unspecified atom stereocenters. The van der Waals surface area contributed by atoms with Gasteiger partial charge >= 0.3 is 12.0 Å².